The van der Waals surface area contributed by atoms with Crippen LogP contribution in [0, 0.1) is 6.92 Å². The van der Waals surface area contributed by atoms with Gasteiger partial charge in [0.1, 0.15) is 6.61 Å². The minimum atomic E-state index is 0.0373. The number of fused-ring (bicyclic) bond motifs is 1. The summed E-state index contributed by atoms with van der Waals surface area (Å²) in [5, 5.41) is 0. The third-order valence-corrected chi connectivity index (χ3v) is 4.68. The highest BCUT2D eigenvalue weighted by atomic mass is 16.5. The molecule has 2 fully saturated rings. The molecule has 6 nitrogen and oxygen atoms in total. The number of amides is 1. The molecule has 1 amide bonds. The van der Waals surface area contributed by atoms with Gasteiger partial charge in [-0.3, -0.25) is 9.69 Å². The van der Waals surface area contributed by atoms with Crippen LogP contribution in [-0.4, -0.2) is 52.6 Å². The first-order chi connectivity index (χ1) is 11.2. The molecule has 6 heteroatoms. The molecule has 2 aromatic rings. The number of aromatic amines is 1. The minimum absolute atomic E-state index is 0.0373. The summed E-state index contributed by atoms with van der Waals surface area (Å²) >= 11 is 0. The molecule has 2 atom stereocenters. The molecule has 3 heterocycles. The monoisotopic (exact) mass is 312 g/mol. The van der Waals surface area contributed by atoms with Crippen molar-refractivity contribution in [1.82, 2.24) is 14.9 Å². The lowest BCUT2D eigenvalue weighted by molar-refractivity contribution is -0.130. The fraction of sp³-hybridized carbons (Fsp3) is 0.412. The molecular formula is C17H20N4O2. The number of aromatic nitrogens is 2. The van der Waals surface area contributed by atoms with Gasteiger partial charge >= 0.3 is 0 Å². The zero-order chi connectivity index (χ0) is 15.8. The molecule has 1 aromatic heterocycles. The van der Waals surface area contributed by atoms with E-state index in [0.29, 0.717) is 0 Å². The van der Waals surface area contributed by atoms with Crippen LogP contribution in [0.5, 0.6) is 0 Å². The number of H-pyrrole nitrogens is 1. The zero-order valence-corrected chi connectivity index (χ0v) is 13.1. The van der Waals surface area contributed by atoms with Crippen LogP contribution in [0.2, 0.25) is 0 Å². The molecule has 2 aliphatic heterocycles. The number of ether oxygens (including phenoxy) is 1. The zero-order valence-electron chi connectivity index (χ0n) is 13.1. The van der Waals surface area contributed by atoms with Crippen LogP contribution in [0.3, 0.4) is 0 Å². The number of carbonyl (C=O) groups is 1. The summed E-state index contributed by atoms with van der Waals surface area (Å²) in [6.07, 6.45) is 1.79. The van der Waals surface area contributed by atoms with Crippen molar-refractivity contribution in [1.29, 1.82) is 0 Å². The van der Waals surface area contributed by atoms with Gasteiger partial charge in [-0.2, -0.15) is 0 Å². The Morgan fingerprint density at radius 3 is 2.87 bits per heavy atom. The number of hydrogen-bond acceptors (Lipinski definition) is 4. The number of rotatable bonds is 3. The number of nitrogens with zero attached hydrogens (tertiary/aromatic N) is 3. The standard InChI is InChI=1S/C17H20N4O2/c1-12-14(19-11-18-12)7-20-8-15-16(9-20)23-10-17(22)21(15)13-5-3-2-4-6-13/h2-6,11,15-16H,7-10H2,1H3,(H,18,19)/t15-,16-/m0/s1. The summed E-state index contributed by atoms with van der Waals surface area (Å²) in [6.45, 7) is 4.60. The molecule has 0 unspecified atom stereocenters. The maximum atomic E-state index is 12.4. The number of hydrogen-bond donors (Lipinski definition) is 1. The number of benzene rings is 1. The Balaban J connectivity index is 1.55. The highest BCUT2D eigenvalue weighted by molar-refractivity contribution is 5.95. The van der Waals surface area contributed by atoms with Crippen molar-refractivity contribution in [3.63, 3.8) is 0 Å². The maximum Gasteiger partial charge on any atom is 0.253 e. The van der Waals surface area contributed by atoms with Crippen molar-refractivity contribution in [2.45, 2.75) is 25.6 Å². The van der Waals surface area contributed by atoms with E-state index < -0.39 is 0 Å². The summed E-state index contributed by atoms with van der Waals surface area (Å²) in [7, 11) is 0. The van der Waals surface area contributed by atoms with Gasteiger partial charge in [0.2, 0.25) is 0 Å². The molecule has 0 radical (unpaired) electrons. The first-order valence-electron chi connectivity index (χ1n) is 7.92. The number of anilines is 1. The molecule has 23 heavy (non-hydrogen) atoms. The summed E-state index contributed by atoms with van der Waals surface area (Å²) in [6, 6.07) is 9.94. The van der Waals surface area contributed by atoms with Gasteiger partial charge in [-0.05, 0) is 19.1 Å². The second kappa shape index (κ2) is 5.79. The van der Waals surface area contributed by atoms with Crippen molar-refractivity contribution >= 4 is 11.6 Å². The predicted molar refractivity (Wildman–Crippen MR) is 86.1 cm³/mol. The average Bonchev–Trinajstić information content (AvgIpc) is 3.15. The number of nitrogens with one attached hydrogen (secondary N) is 1. The Labute approximate surface area is 135 Å². The number of imidazole rings is 1. The summed E-state index contributed by atoms with van der Waals surface area (Å²) < 4.78 is 5.78. The Hall–Kier alpha value is -2.18. The second-order valence-corrected chi connectivity index (χ2v) is 6.18. The fourth-order valence-electron chi connectivity index (χ4n) is 3.49. The Bertz CT molecular complexity index is 700. The van der Waals surface area contributed by atoms with Crippen LogP contribution in [0.15, 0.2) is 36.7 Å². The molecule has 2 saturated heterocycles. The van der Waals surface area contributed by atoms with E-state index in [0.717, 1.165) is 36.7 Å². The van der Waals surface area contributed by atoms with E-state index in [2.05, 4.69) is 14.9 Å². The highest BCUT2D eigenvalue weighted by Crippen LogP contribution is 2.29. The molecule has 120 valence electrons. The topological polar surface area (TPSA) is 61.5 Å². The highest BCUT2D eigenvalue weighted by Gasteiger charge is 2.43. The van der Waals surface area contributed by atoms with Crippen LogP contribution in [0.1, 0.15) is 11.4 Å². The molecule has 0 aliphatic carbocycles. The molecule has 1 N–H and O–H groups in total. The van der Waals surface area contributed by atoms with E-state index >= 15 is 0 Å². The molecule has 1 aromatic carbocycles. The van der Waals surface area contributed by atoms with Crippen LogP contribution in [-0.2, 0) is 16.1 Å². The number of aryl methyl sites for hydroxylation is 1. The number of carbonyl (C=O) groups excluding carboxylic acids is 1. The number of morpholine rings is 1. The largest absolute Gasteiger partial charge is 0.365 e. The molecule has 2 aliphatic rings. The summed E-state index contributed by atoms with van der Waals surface area (Å²) in [5.74, 6) is 0.0373. The Morgan fingerprint density at radius 1 is 1.30 bits per heavy atom. The van der Waals surface area contributed by atoms with Gasteiger partial charge in [0.25, 0.3) is 5.91 Å². The first-order valence-corrected chi connectivity index (χ1v) is 7.92. The van der Waals surface area contributed by atoms with Gasteiger partial charge in [0.05, 0.1) is 24.2 Å². The van der Waals surface area contributed by atoms with Crippen LogP contribution >= 0.6 is 0 Å². The molecule has 4 rings (SSSR count). The van der Waals surface area contributed by atoms with Crippen LogP contribution in [0.4, 0.5) is 5.69 Å². The fourth-order valence-corrected chi connectivity index (χ4v) is 3.49. The Kier molecular flexibility index (Phi) is 3.63. The van der Waals surface area contributed by atoms with Gasteiger partial charge < -0.3 is 14.6 Å². The van der Waals surface area contributed by atoms with Gasteiger partial charge in [0.15, 0.2) is 0 Å². The van der Waals surface area contributed by atoms with E-state index in [4.69, 9.17) is 4.74 Å². The molecular weight excluding hydrogens is 292 g/mol. The van der Waals surface area contributed by atoms with Crippen molar-refractivity contribution in [3.05, 3.63) is 48.0 Å². The molecule has 0 saturated carbocycles. The minimum Gasteiger partial charge on any atom is -0.365 e. The van der Waals surface area contributed by atoms with Crippen LogP contribution < -0.4 is 4.90 Å². The van der Waals surface area contributed by atoms with Crippen molar-refractivity contribution in [3.8, 4) is 0 Å². The predicted octanol–water partition coefficient (Wildman–Crippen LogP) is 1.33. The van der Waals surface area contributed by atoms with Crippen molar-refractivity contribution in [2.24, 2.45) is 0 Å². The lowest BCUT2D eigenvalue weighted by Gasteiger charge is -2.36. The Morgan fingerprint density at radius 2 is 2.13 bits per heavy atom. The van der Waals surface area contributed by atoms with E-state index in [-0.39, 0.29) is 24.7 Å². The average molecular weight is 312 g/mol. The van der Waals surface area contributed by atoms with Gasteiger partial charge in [0, 0.05) is 31.0 Å². The van der Waals surface area contributed by atoms with Gasteiger partial charge in [-0.25, -0.2) is 4.98 Å². The van der Waals surface area contributed by atoms with E-state index in [1.165, 1.54) is 0 Å². The first kappa shape index (κ1) is 14.4. The van der Waals surface area contributed by atoms with E-state index in [1.54, 1.807) is 6.33 Å². The van der Waals surface area contributed by atoms with E-state index in [1.807, 2.05) is 42.2 Å². The van der Waals surface area contributed by atoms with Crippen molar-refractivity contribution in [2.75, 3.05) is 24.6 Å². The third-order valence-electron chi connectivity index (χ3n) is 4.68. The number of para-hydroxylation sites is 1. The lowest BCUT2D eigenvalue weighted by atomic mass is 10.1. The van der Waals surface area contributed by atoms with Gasteiger partial charge in [-0.15, -0.1) is 0 Å². The third kappa shape index (κ3) is 2.64. The van der Waals surface area contributed by atoms with Crippen molar-refractivity contribution < 1.29 is 9.53 Å². The maximum absolute atomic E-state index is 12.4. The van der Waals surface area contributed by atoms with Gasteiger partial charge in [-0.1, -0.05) is 18.2 Å². The smallest absolute Gasteiger partial charge is 0.253 e. The number of likely N-dealkylation sites (tertiary alicyclic amines) is 1. The second-order valence-electron chi connectivity index (χ2n) is 6.18. The SMILES string of the molecule is Cc1[nH]cnc1CN1C[C@@H]2OCC(=O)N(c3ccccc3)[C@H]2C1. The normalized spacial score (nSPS) is 24.9. The van der Waals surface area contributed by atoms with Crippen LogP contribution in [0.25, 0.3) is 0 Å². The molecule has 0 bridgehead atoms. The summed E-state index contributed by atoms with van der Waals surface area (Å²) in [4.78, 5) is 24.1. The molecule has 0 spiro atoms. The quantitative estimate of drug-likeness (QED) is 0.929. The lowest BCUT2D eigenvalue weighted by Crippen LogP contribution is -2.54. The summed E-state index contributed by atoms with van der Waals surface area (Å²) in [5.41, 5.74) is 3.10. The van der Waals surface area contributed by atoms with E-state index in [9.17, 15) is 4.79 Å².